The van der Waals surface area contributed by atoms with E-state index in [9.17, 15) is 4.79 Å². The smallest absolute Gasteiger partial charge is 0.219 e. The number of ether oxygens (including phenoxy) is 1. The third kappa shape index (κ3) is 3.77. The van der Waals surface area contributed by atoms with Crippen LogP contribution in [0.4, 0.5) is 5.82 Å². The fraction of sp³-hybridized carbons (Fsp3) is 0.500. The summed E-state index contributed by atoms with van der Waals surface area (Å²) < 4.78 is 5.95. The number of aromatic amines is 1. The maximum Gasteiger partial charge on any atom is 0.219 e. The van der Waals surface area contributed by atoms with Crippen molar-refractivity contribution < 1.29 is 9.53 Å². The number of carbonyl (C=O) groups excluding carboxylic acids is 1. The van der Waals surface area contributed by atoms with Gasteiger partial charge in [-0.25, -0.2) is 9.97 Å². The molecule has 148 valence electrons. The van der Waals surface area contributed by atoms with Crippen molar-refractivity contribution in [1.29, 1.82) is 0 Å². The van der Waals surface area contributed by atoms with Gasteiger partial charge in [-0.1, -0.05) is 6.08 Å². The molecule has 0 spiro atoms. The van der Waals surface area contributed by atoms with Crippen LogP contribution < -0.4 is 15.5 Å². The number of carbonyl (C=O) groups is 1. The molecule has 1 saturated heterocycles. The van der Waals surface area contributed by atoms with E-state index in [-0.39, 0.29) is 18.1 Å². The molecule has 0 bridgehead atoms. The summed E-state index contributed by atoms with van der Waals surface area (Å²) in [7, 11) is 0. The van der Waals surface area contributed by atoms with Crippen LogP contribution in [0.25, 0.3) is 23.5 Å². The Morgan fingerprint density at radius 1 is 1.25 bits per heavy atom. The van der Waals surface area contributed by atoms with Gasteiger partial charge in [-0.2, -0.15) is 5.10 Å². The van der Waals surface area contributed by atoms with Crippen molar-refractivity contribution in [2.45, 2.75) is 39.4 Å². The monoisotopic (exact) mass is 382 g/mol. The van der Waals surface area contributed by atoms with Gasteiger partial charge in [0.1, 0.15) is 17.8 Å². The lowest BCUT2D eigenvalue weighted by Crippen LogP contribution is -2.48. The molecule has 8 nitrogen and oxygen atoms in total. The van der Waals surface area contributed by atoms with E-state index < -0.39 is 0 Å². The van der Waals surface area contributed by atoms with Crippen LogP contribution in [-0.2, 0) is 9.53 Å². The average Bonchev–Trinajstić information content (AvgIpc) is 3.11. The summed E-state index contributed by atoms with van der Waals surface area (Å²) >= 11 is 0. The molecule has 2 aliphatic rings. The number of hydrogen-bond acceptors (Lipinski definition) is 6. The second kappa shape index (κ2) is 7.71. The van der Waals surface area contributed by atoms with Crippen LogP contribution >= 0.6 is 0 Å². The molecule has 0 radical (unpaired) electrons. The molecule has 8 heteroatoms. The van der Waals surface area contributed by atoms with Gasteiger partial charge in [-0.15, -0.1) is 0 Å². The predicted octanol–water partition coefficient (Wildman–Crippen LogP) is 0.294. The maximum atomic E-state index is 11.5. The van der Waals surface area contributed by atoms with Gasteiger partial charge >= 0.3 is 0 Å². The molecule has 2 aromatic heterocycles. The van der Waals surface area contributed by atoms with E-state index in [2.05, 4.69) is 37.2 Å². The quantitative estimate of drug-likeness (QED) is 0.818. The lowest BCUT2D eigenvalue weighted by atomic mass is 10.1. The van der Waals surface area contributed by atoms with Crippen LogP contribution in [-0.4, -0.2) is 69.4 Å². The van der Waals surface area contributed by atoms with Crippen molar-refractivity contribution in [2.75, 3.05) is 31.1 Å². The van der Waals surface area contributed by atoms with Crippen LogP contribution in [0.15, 0.2) is 12.4 Å². The zero-order valence-electron chi connectivity index (χ0n) is 16.6. The minimum Gasteiger partial charge on any atom is -0.371 e. The van der Waals surface area contributed by atoms with E-state index in [4.69, 9.17) is 4.74 Å². The molecule has 1 fully saturated rings. The highest BCUT2D eigenvalue weighted by Crippen LogP contribution is 2.18. The van der Waals surface area contributed by atoms with Crippen molar-refractivity contribution in [3.8, 4) is 11.4 Å². The molecule has 28 heavy (non-hydrogen) atoms. The molecular formula is C20H26N6O2. The third-order valence-electron chi connectivity index (χ3n) is 5.13. The fourth-order valence-electron chi connectivity index (χ4n) is 3.72. The lowest BCUT2D eigenvalue weighted by Gasteiger charge is -2.34. The largest absolute Gasteiger partial charge is 0.371 e. The van der Waals surface area contributed by atoms with Crippen LogP contribution in [0.5, 0.6) is 0 Å². The van der Waals surface area contributed by atoms with E-state index >= 15 is 0 Å². The first kappa shape index (κ1) is 18.6. The minimum atomic E-state index is 0.0461. The van der Waals surface area contributed by atoms with Crippen molar-refractivity contribution in [2.24, 2.45) is 0 Å². The van der Waals surface area contributed by atoms with E-state index in [1.807, 2.05) is 24.8 Å². The Morgan fingerprint density at radius 3 is 2.75 bits per heavy atom. The molecule has 0 unspecified atom stereocenters. The van der Waals surface area contributed by atoms with Gasteiger partial charge in [0, 0.05) is 44.4 Å². The van der Waals surface area contributed by atoms with E-state index in [0.29, 0.717) is 13.1 Å². The van der Waals surface area contributed by atoms with Crippen LogP contribution in [0.2, 0.25) is 0 Å². The second-order valence-electron chi connectivity index (χ2n) is 7.48. The first-order valence-electron chi connectivity index (χ1n) is 9.76. The number of piperazine rings is 1. The number of aromatic nitrogens is 4. The van der Waals surface area contributed by atoms with Crippen LogP contribution in [0, 0.1) is 0 Å². The molecular weight excluding hydrogens is 356 g/mol. The number of nitrogens with one attached hydrogen (secondary N) is 1. The highest BCUT2D eigenvalue weighted by atomic mass is 16.5. The molecule has 1 atom stereocenters. The Labute approximate surface area is 163 Å². The first-order valence-corrected chi connectivity index (χ1v) is 9.76. The van der Waals surface area contributed by atoms with Crippen LogP contribution in [0.1, 0.15) is 27.2 Å². The molecule has 1 amide bonds. The highest BCUT2D eigenvalue weighted by Gasteiger charge is 2.21. The molecule has 1 N–H and O–H groups in total. The topological polar surface area (TPSA) is 87.2 Å². The van der Waals surface area contributed by atoms with Crippen molar-refractivity contribution in [3.63, 3.8) is 0 Å². The number of nitrogens with zero attached hydrogens (tertiary/aromatic N) is 5. The summed E-state index contributed by atoms with van der Waals surface area (Å²) in [6, 6.07) is 1.97. The van der Waals surface area contributed by atoms with Crippen molar-refractivity contribution in [3.05, 3.63) is 23.0 Å². The van der Waals surface area contributed by atoms with E-state index in [1.165, 1.54) is 0 Å². The maximum absolute atomic E-state index is 11.5. The van der Waals surface area contributed by atoms with E-state index in [0.717, 1.165) is 47.3 Å². The zero-order valence-corrected chi connectivity index (χ0v) is 16.6. The molecule has 0 aromatic carbocycles. The third-order valence-corrected chi connectivity index (χ3v) is 5.13. The second-order valence-corrected chi connectivity index (χ2v) is 7.48. The predicted molar refractivity (Wildman–Crippen MR) is 107 cm³/mol. The molecule has 1 aliphatic heterocycles. The standard InChI is InChI=1S/C20H26N6O2/c1-13(2)28-15-4-5-17-16(10-15)20(24-23-17)18-11-19(22-12-21-18)26-8-6-25(7-9-26)14(3)27/h5,10-13,15,23H,4,6-9H2,1-3H3/t15-/m0/s1. The Kier molecular flexibility index (Phi) is 5.13. The van der Waals surface area contributed by atoms with E-state index in [1.54, 1.807) is 13.3 Å². The van der Waals surface area contributed by atoms with Gasteiger partial charge < -0.3 is 14.5 Å². The lowest BCUT2D eigenvalue weighted by molar-refractivity contribution is -0.129. The zero-order chi connectivity index (χ0) is 19.7. The van der Waals surface area contributed by atoms with Crippen molar-refractivity contribution in [1.82, 2.24) is 25.1 Å². The van der Waals surface area contributed by atoms with Gasteiger partial charge in [0.25, 0.3) is 0 Å². The minimum absolute atomic E-state index is 0.0461. The van der Waals surface area contributed by atoms with Gasteiger partial charge in [0.05, 0.1) is 23.3 Å². The van der Waals surface area contributed by atoms with Gasteiger partial charge in [-0.05, 0) is 26.3 Å². The first-order chi connectivity index (χ1) is 13.5. The van der Waals surface area contributed by atoms with Gasteiger partial charge in [0.2, 0.25) is 5.91 Å². The normalized spacial score (nSPS) is 19.2. The van der Waals surface area contributed by atoms with Crippen LogP contribution in [0.3, 0.4) is 0 Å². The SMILES string of the molecule is CC(=O)N1CCN(c2cc(-c3n[nH]c4c3=C[C@@H](OC(C)C)CC=4)ncn2)CC1. The number of amides is 1. The summed E-state index contributed by atoms with van der Waals surface area (Å²) in [5.74, 6) is 0.982. The molecule has 1 aliphatic carbocycles. The van der Waals surface area contributed by atoms with Crippen molar-refractivity contribution >= 4 is 23.9 Å². The summed E-state index contributed by atoms with van der Waals surface area (Å²) in [6.45, 7) is 8.65. The molecule has 4 rings (SSSR count). The molecule has 2 aromatic rings. The summed E-state index contributed by atoms with van der Waals surface area (Å²) in [5.41, 5.74) is 1.60. The number of anilines is 1. The fourth-order valence-corrected chi connectivity index (χ4v) is 3.72. The summed E-state index contributed by atoms with van der Waals surface area (Å²) in [5, 5.41) is 9.64. The number of rotatable bonds is 4. The van der Waals surface area contributed by atoms with Gasteiger partial charge in [-0.3, -0.25) is 9.89 Å². The Bertz CT molecular complexity index is 975. The van der Waals surface area contributed by atoms with Gasteiger partial charge in [0.15, 0.2) is 0 Å². The number of hydrogen-bond donors (Lipinski definition) is 1. The Morgan fingerprint density at radius 2 is 2.04 bits per heavy atom. The molecule has 0 saturated carbocycles. The summed E-state index contributed by atoms with van der Waals surface area (Å²) in [4.78, 5) is 24.5. The molecule has 3 heterocycles. The number of fused-ring (bicyclic) bond motifs is 1. The Hall–Kier alpha value is -2.74. The average molecular weight is 382 g/mol. The number of H-pyrrole nitrogens is 1. The Balaban J connectivity index is 1.60. The summed E-state index contributed by atoms with van der Waals surface area (Å²) in [6.07, 6.45) is 6.89. The highest BCUT2D eigenvalue weighted by molar-refractivity contribution is 5.73.